The molecule has 0 saturated carbocycles. The lowest BCUT2D eigenvalue weighted by Crippen LogP contribution is -2.12. The van der Waals surface area contributed by atoms with Crippen LogP contribution in [0.15, 0.2) is 66.9 Å². The van der Waals surface area contributed by atoms with Crippen LogP contribution in [-0.2, 0) is 4.74 Å². The fraction of sp³-hybridized carbons (Fsp3) is 0.0476. The predicted molar refractivity (Wildman–Crippen MR) is 104 cm³/mol. The van der Waals surface area contributed by atoms with Gasteiger partial charge in [0.25, 0.3) is 5.91 Å². The molecule has 28 heavy (non-hydrogen) atoms. The minimum Gasteiger partial charge on any atom is -0.465 e. The highest BCUT2D eigenvalue weighted by atomic mass is 16.5. The molecule has 2 N–H and O–H groups in total. The lowest BCUT2D eigenvalue weighted by molar-refractivity contribution is 0.0600. The highest BCUT2D eigenvalue weighted by molar-refractivity contribution is 6.04. The number of nitrogens with one attached hydrogen (secondary N) is 2. The molecule has 0 aliphatic carbocycles. The van der Waals surface area contributed by atoms with Crippen molar-refractivity contribution in [3.63, 3.8) is 0 Å². The summed E-state index contributed by atoms with van der Waals surface area (Å²) in [5.74, 6) is -0.209. The summed E-state index contributed by atoms with van der Waals surface area (Å²) in [6, 6.07) is 18.7. The average molecular weight is 372 g/mol. The van der Waals surface area contributed by atoms with E-state index in [2.05, 4.69) is 15.6 Å². The monoisotopic (exact) mass is 372 g/mol. The fourth-order valence-corrected chi connectivity index (χ4v) is 2.42. The van der Waals surface area contributed by atoms with E-state index >= 15 is 0 Å². The zero-order chi connectivity index (χ0) is 19.9. The Morgan fingerprint density at radius 1 is 1.00 bits per heavy atom. The molecule has 3 rings (SSSR count). The molecule has 3 aromatic rings. The highest BCUT2D eigenvalue weighted by Crippen LogP contribution is 2.17. The third-order valence-corrected chi connectivity index (χ3v) is 3.85. The van der Waals surface area contributed by atoms with Crippen LogP contribution < -0.4 is 10.6 Å². The average Bonchev–Trinajstić information content (AvgIpc) is 2.74. The van der Waals surface area contributed by atoms with Gasteiger partial charge in [-0.2, -0.15) is 5.26 Å². The minimum absolute atomic E-state index is 0.309. The first-order valence-corrected chi connectivity index (χ1v) is 8.32. The summed E-state index contributed by atoms with van der Waals surface area (Å²) in [7, 11) is 1.33. The number of methoxy groups -OCH3 is 1. The molecule has 0 aliphatic rings. The van der Waals surface area contributed by atoms with Gasteiger partial charge in [0.1, 0.15) is 5.82 Å². The summed E-state index contributed by atoms with van der Waals surface area (Å²) in [4.78, 5) is 28.1. The van der Waals surface area contributed by atoms with Crippen LogP contribution in [0.2, 0.25) is 0 Å². The van der Waals surface area contributed by atoms with Gasteiger partial charge >= 0.3 is 5.97 Å². The molecule has 0 radical (unpaired) electrons. The Kier molecular flexibility index (Phi) is 5.63. The predicted octanol–water partition coefficient (Wildman–Crippen LogP) is 3.74. The van der Waals surface area contributed by atoms with E-state index in [-0.39, 0.29) is 5.91 Å². The molecule has 7 heteroatoms. The number of carbonyl (C=O) groups is 2. The molecule has 138 valence electrons. The van der Waals surface area contributed by atoms with Crippen molar-refractivity contribution < 1.29 is 14.3 Å². The van der Waals surface area contributed by atoms with Gasteiger partial charge in [0.05, 0.1) is 29.9 Å². The maximum atomic E-state index is 12.3. The van der Waals surface area contributed by atoms with E-state index in [0.29, 0.717) is 33.9 Å². The largest absolute Gasteiger partial charge is 0.465 e. The van der Waals surface area contributed by atoms with Crippen molar-refractivity contribution in [1.82, 2.24) is 4.98 Å². The quantitative estimate of drug-likeness (QED) is 0.661. The maximum absolute atomic E-state index is 12.3. The Morgan fingerprint density at radius 2 is 1.79 bits per heavy atom. The van der Waals surface area contributed by atoms with E-state index in [4.69, 9.17) is 10.00 Å². The second-order valence-corrected chi connectivity index (χ2v) is 5.77. The Morgan fingerprint density at radius 3 is 2.43 bits per heavy atom. The number of benzene rings is 2. The maximum Gasteiger partial charge on any atom is 0.337 e. The molecule has 0 atom stereocenters. The molecule has 2 aromatic carbocycles. The molecule has 0 unspecified atom stereocenters. The van der Waals surface area contributed by atoms with Crippen molar-refractivity contribution >= 4 is 29.1 Å². The van der Waals surface area contributed by atoms with E-state index in [0.717, 1.165) is 0 Å². The number of pyridine rings is 1. The number of nitriles is 1. The Balaban J connectivity index is 1.66. The first-order valence-electron chi connectivity index (χ1n) is 8.32. The van der Waals surface area contributed by atoms with Gasteiger partial charge in [-0.05, 0) is 54.6 Å². The normalized spacial score (nSPS) is 9.86. The summed E-state index contributed by atoms with van der Waals surface area (Å²) in [5.41, 5.74) is 2.59. The summed E-state index contributed by atoms with van der Waals surface area (Å²) < 4.78 is 4.70. The first-order chi connectivity index (χ1) is 13.6. The zero-order valence-electron chi connectivity index (χ0n) is 15.0. The zero-order valence-corrected chi connectivity index (χ0v) is 15.0. The number of esters is 1. The van der Waals surface area contributed by atoms with E-state index in [9.17, 15) is 9.59 Å². The lowest BCUT2D eigenvalue weighted by atomic mass is 10.2. The second kappa shape index (κ2) is 8.47. The molecular weight excluding hydrogens is 356 g/mol. The molecule has 7 nitrogen and oxygen atoms in total. The van der Waals surface area contributed by atoms with Gasteiger partial charge in [0.15, 0.2) is 0 Å². The van der Waals surface area contributed by atoms with E-state index in [1.807, 2.05) is 6.07 Å². The van der Waals surface area contributed by atoms with Crippen molar-refractivity contribution in [2.24, 2.45) is 0 Å². The second-order valence-electron chi connectivity index (χ2n) is 5.77. The molecular formula is C21H16N4O3. The smallest absolute Gasteiger partial charge is 0.337 e. The van der Waals surface area contributed by atoms with Crippen LogP contribution in [0, 0.1) is 11.3 Å². The number of anilines is 3. The van der Waals surface area contributed by atoms with Crippen LogP contribution in [0.4, 0.5) is 17.2 Å². The minimum atomic E-state index is -0.425. The molecule has 1 amide bonds. The number of aromatic nitrogens is 1. The molecule has 0 spiro atoms. The molecule has 0 aliphatic heterocycles. The van der Waals surface area contributed by atoms with Gasteiger partial charge in [0, 0.05) is 17.6 Å². The number of rotatable bonds is 5. The Hall–Kier alpha value is -4.18. The van der Waals surface area contributed by atoms with Crippen molar-refractivity contribution in [2.75, 3.05) is 17.7 Å². The molecule has 0 bridgehead atoms. The van der Waals surface area contributed by atoms with Gasteiger partial charge < -0.3 is 15.4 Å². The van der Waals surface area contributed by atoms with Crippen molar-refractivity contribution in [1.29, 1.82) is 5.26 Å². The number of carbonyl (C=O) groups excluding carboxylic acids is 2. The topological polar surface area (TPSA) is 104 Å². The lowest BCUT2D eigenvalue weighted by Gasteiger charge is -2.08. The van der Waals surface area contributed by atoms with Gasteiger partial charge in [-0.25, -0.2) is 9.78 Å². The number of nitrogens with zero attached hydrogens (tertiary/aromatic N) is 2. The standard InChI is InChI=1S/C21H16N4O3/c1-28-21(27)15-3-2-4-18(11-15)24-19-10-7-16(13-23-19)20(26)25-17-8-5-14(12-22)6-9-17/h2-11,13H,1H3,(H,23,24)(H,25,26). The van der Waals surface area contributed by atoms with Crippen LogP contribution >= 0.6 is 0 Å². The summed E-state index contributed by atoms with van der Waals surface area (Å²) in [6.45, 7) is 0. The van der Waals surface area contributed by atoms with Crippen LogP contribution in [0.3, 0.4) is 0 Å². The third kappa shape index (κ3) is 4.51. The number of ether oxygens (including phenoxy) is 1. The van der Waals surface area contributed by atoms with E-state index in [1.54, 1.807) is 60.7 Å². The SMILES string of the molecule is COC(=O)c1cccc(Nc2ccc(C(=O)Nc3ccc(C#N)cc3)cn2)c1. The number of hydrogen-bond donors (Lipinski definition) is 2. The van der Waals surface area contributed by atoms with Crippen molar-refractivity contribution in [3.05, 3.63) is 83.6 Å². The molecule has 0 saturated heterocycles. The number of amides is 1. The van der Waals surface area contributed by atoms with Crippen LogP contribution in [0.5, 0.6) is 0 Å². The first kappa shape index (κ1) is 18.6. The van der Waals surface area contributed by atoms with Crippen LogP contribution in [-0.4, -0.2) is 24.0 Å². The van der Waals surface area contributed by atoms with E-state index in [1.165, 1.54) is 13.3 Å². The van der Waals surface area contributed by atoms with E-state index < -0.39 is 5.97 Å². The molecule has 0 fully saturated rings. The number of hydrogen-bond acceptors (Lipinski definition) is 6. The Labute approximate surface area is 161 Å². The summed E-state index contributed by atoms with van der Waals surface area (Å²) >= 11 is 0. The summed E-state index contributed by atoms with van der Waals surface area (Å²) in [6.07, 6.45) is 1.45. The Bertz CT molecular complexity index is 1040. The van der Waals surface area contributed by atoms with Gasteiger partial charge in [0.2, 0.25) is 0 Å². The van der Waals surface area contributed by atoms with Gasteiger partial charge in [-0.3, -0.25) is 4.79 Å². The third-order valence-electron chi connectivity index (χ3n) is 3.85. The molecule has 1 heterocycles. The van der Waals surface area contributed by atoms with Crippen molar-refractivity contribution in [3.8, 4) is 6.07 Å². The van der Waals surface area contributed by atoms with Crippen molar-refractivity contribution in [2.45, 2.75) is 0 Å². The van der Waals surface area contributed by atoms with Crippen LogP contribution in [0.1, 0.15) is 26.3 Å². The van der Waals surface area contributed by atoms with Gasteiger partial charge in [-0.15, -0.1) is 0 Å². The van der Waals surface area contributed by atoms with Gasteiger partial charge in [-0.1, -0.05) is 6.07 Å². The fourth-order valence-electron chi connectivity index (χ4n) is 2.42. The summed E-state index contributed by atoms with van der Waals surface area (Å²) in [5, 5.41) is 14.6. The molecule has 1 aromatic heterocycles. The highest BCUT2D eigenvalue weighted by Gasteiger charge is 2.09. The van der Waals surface area contributed by atoms with Crippen LogP contribution in [0.25, 0.3) is 0 Å².